The molecule has 7 heteroatoms. The van der Waals surface area contributed by atoms with Crippen LogP contribution in [0, 0.1) is 25.2 Å². The van der Waals surface area contributed by atoms with Crippen LogP contribution in [0.15, 0.2) is 35.9 Å². The fourth-order valence-corrected chi connectivity index (χ4v) is 3.05. The number of ether oxygens (including phenoxy) is 2. The van der Waals surface area contributed by atoms with Crippen molar-refractivity contribution in [1.82, 2.24) is 9.88 Å². The lowest BCUT2D eigenvalue weighted by Crippen LogP contribution is -2.35. The largest absolute Gasteiger partial charge is 0.497 e. The average molecular weight is 395 g/mol. The fraction of sp³-hybridized carbons (Fsp3) is 0.318. The van der Waals surface area contributed by atoms with Crippen molar-refractivity contribution in [3.8, 4) is 17.5 Å². The van der Waals surface area contributed by atoms with Crippen LogP contribution in [0.25, 0.3) is 11.8 Å². The van der Waals surface area contributed by atoms with Crippen molar-refractivity contribution in [3.63, 3.8) is 0 Å². The molecule has 1 aromatic carbocycles. The van der Waals surface area contributed by atoms with Crippen molar-refractivity contribution in [3.05, 3.63) is 52.9 Å². The van der Waals surface area contributed by atoms with E-state index < -0.39 is 17.9 Å². The SMILES string of the molecule is COC(=O)CC(C)NC(=O)/C(C#N)=C/c1cc(C)n(-c2ccc(OC)cc2)c1C. The van der Waals surface area contributed by atoms with Crippen molar-refractivity contribution >= 4 is 18.0 Å². The number of nitrogens with one attached hydrogen (secondary N) is 1. The zero-order chi connectivity index (χ0) is 21.6. The number of hydrogen-bond donors (Lipinski definition) is 1. The summed E-state index contributed by atoms with van der Waals surface area (Å²) in [7, 11) is 2.90. The van der Waals surface area contributed by atoms with Gasteiger partial charge in [-0.25, -0.2) is 0 Å². The molecule has 7 nitrogen and oxygen atoms in total. The van der Waals surface area contributed by atoms with Crippen molar-refractivity contribution < 1.29 is 19.1 Å². The summed E-state index contributed by atoms with van der Waals surface area (Å²) in [6.45, 7) is 5.56. The highest BCUT2D eigenvalue weighted by molar-refractivity contribution is 6.02. The molecule has 0 radical (unpaired) electrons. The first-order valence-electron chi connectivity index (χ1n) is 9.13. The number of rotatable bonds is 7. The molecule has 1 amide bonds. The standard InChI is InChI=1S/C22H25N3O4/c1-14(10-21(26)29-5)24-22(27)18(13-23)12-17-11-15(2)25(16(17)3)19-6-8-20(28-4)9-7-19/h6-9,11-12,14H,10H2,1-5H3,(H,24,27)/b18-12+. The predicted octanol–water partition coefficient (Wildman–Crippen LogP) is 3.08. The number of methoxy groups -OCH3 is 2. The predicted molar refractivity (Wildman–Crippen MR) is 110 cm³/mol. The first-order chi connectivity index (χ1) is 13.8. The molecule has 1 aromatic heterocycles. The second kappa shape index (κ2) is 9.60. The molecule has 0 aliphatic heterocycles. The Bertz CT molecular complexity index is 965. The molecule has 0 saturated carbocycles. The normalized spacial score (nSPS) is 12.1. The van der Waals surface area contributed by atoms with Crippen molar-refractivity contribution in [2.45, 2.75) is 33.2 Å². The summed E-state index contributed by atoms with van der Waals surface area (Å²) in [5.41, 5.74) is 3.56. The minimum absolute atomic E-state index is 0.0308. The minimum Gasteiger partial charge on any atom is -0.497 e. The smallest absolute Gasteiger partial charge is 0.307 e. The van der Waals surface area contributed by atoms with E-state index in [1.807, 2.05) is 54.8 Å². The van der Waals surface area contributed by atoms with Gasteiger partial charge < -0.3 is 19.4 Å². The minimum atomic E-state index is -0.529. The number of hydrogen-bond acceptors (Lipinski definition) is 5. The van der Waals surface area contributed by atoms with Crippen LogP contribution in [-0.4, -0.2) is 36.7 Å². The Balaban J connectivity index is 2.28. The molecule has 1 atom stereocenters. The monoisotopic (exact) mass is 395 g/mol. The van der Waals surface area contributed by atoms with Crippen LogP contribution in [0.2, 0.25) is 0 Å². The Morgan fingerprint density at radius 2 is 1.90 bits per heavy atom. The Labute approximate surface area is 170 Å². The second-order valence-corrected chi connectivity index (χ2v) is 6.68. The maximum atomic E-state index is 12.4. The van der Waals surface area contributed by atoms with Crippen molar-refractivity contribution in [1.29, 1.82) is 5.26 Å². The number of amides is 1. The molecule has 1 heterocycles. The van der Waals surface area contributed by atoms with Gasteiger partial charge in [0.2, 0.25) is 0 Å². The number of carbonyl (C=O) groups excluding carboxylic acids is 2. The van der Waals surface area contributed by atoms with Crippen LogP contribution in [0.4, 0.5) is 0 Å². The van der Waals surface area contributed by atoms with Gasteiger partial charge >= 0.3 is 5.97 Å². The van der Waals surface area contributed by atoms with Crippen LogP contribution < -0.4 is 10.1 Å². The van der Waals surface area contributed by atoms with E-state index in [-0.39, 0.29) is 12.0 Å². The van der Waals surface area contributed by atoms with Gasteiger partial charge in [-0.1, -0.05) is 0 Å². The lowest BCUT2D eigenvalue weighted by atomic mass is 10.1. The highest BCUT2D eigenvalue weighted by Gasteiger charge is 2.17. The van der Waals surface area contributed by atoms with Crippen LogP contribution in [-0.2, 0) is 14.3 Å². The summed E-state index contributed by atoms with van der Waals surface area (Å²) in [6.07, 6.45) is 1.59. The van der Waals surface area contributed by atoms with Crippen molar-refractivity contribution in [2.75, 3.05) is 14.2 Å². The summed E-state index contributed by atoms with van der Waals surface area (Å²) < 4.78 is 11.8. The van der Waals surface area contributed by atoms with Crippen LogP contribution >= 0.6 is 0 Å². The maximum absolute atomic E-state index is 12.4. The van der Waals surface area contributed by atoms with Crippen LogP contribution in [0.3, 0.4) is 0 Å². The van der Waals surface area contributed by atoms with E-state index in [0.29, 0.717) is 0 Å². The summed E-state index contributed by atoms with van der Waals surface area (Å²) >= 11 is 0. The van der Waals surface area contributed by atoms with E-state index in [1.54, 1.807) is 20.1 Å². The van der Waals surface area contributed by atoms with Gasteiger partial charge in [0.25, 0.3) is 5.91 Å². The van der Waals surface area contributed by atoms with Gasteiger partial charge in [0.1, 0.15) is 17.4 Å². The Morgan fingerprint density at radius 1 is 1.24 bits per heavy atom. The highest BCUT2D eigenvalue weighted by atomic mass is 16.5. The number of benzene rings is 1. The maximum Gasteiger partial charge on any atom is 0.307 e. The first-order valence-corrected chi connectivity index (χ1v) is 9.13. The molecular weight excluding hydrogens is 370 g/mol. The lowest BCUT2D eigenvalue weighted by Gasteiger charge is -2.12. The number of nitriles is 1. The number of aryl methyl sites for hydroxylation is 1. The molecule has 0 saturated heterocycles. The summed E-state index contributed by atoms with van der Waals surface area (Å²) in [5.74, 6) is -0.192. The third-order valence-electron chi connectivity index (χ3n) is 4.54. The molecule has 0 aliphatic carbocycles. The number of aromatic nitrogens is 1. The molecule has 29 heavy (non-hydrogen) atoms. The number of carbonyl (C=O) groups is 2. The van der Waals surface area contributed by atoms with E-state index in [1.165, 1.54) is 7.11 Å². The lowest BCUT2D eigenvalue weighted by molar-refractivity contribution is -0.141. The summed E-state index contributed by atoms with van der Waals surface area (Å²) in [6, 6.07) is 11.1. The third-order valence-corrected chi connectivity index (χ3v) is 4.54. The van der Waals surface area contributed by atoms with Crippen LogP contribution in [0.1, 0.15) is 30.3 Å². The van der Waals surface area contributed by atoms with Gasteiger partial charge in [0, 0.05) is 23.1 Å². The molecular formula is C22H25N3O4. The summed E-state index contributed by atoms with van der Waals surface area (Å²) in [4.78, 5) is 23.8. The Kier molecular flexibility index (Phi) is 7.21. The molecule has 0 bridgehead atoms. The highest BCUT2D eigenvalue weighted by Crippen LogP contribution is 2.24. The van der Waals surface area contributed by atoms with Crippen LogP contribution in [0.5, 0.6) is 5.75 Å². The molecule has 0 spiro atoms. The van der Waals surface area contributed by atoms with Gasteiger partial charge in [0.15, 0.2) is 0 Å². The fourth-order valence-electron chi connectivity index (χ4n) is 3.05. The Morgan fingerprint density at radius 3 is 2.45 bits per heavy atom. The van der Waals surface area contributed by atoms with Gasteiger partial charge in [0.05, 0.1) is 20.6 Å². The quantitative estimate of drug-likeness (QED) is 0.442. The van der Waals surface area contributed by atoms with Gasteiger partial charge in [-0.3, -0.25) is 9.59 Å². The molecule has 152 valence electrons. The van der Waals surface area contributed by atoms with E-state index in [9.17, 15) is 14.9 Å². The van der Waals surface area contributed by atoms with E-state index in [2.05, 4.69) is 10.1 Å². The molecule has 1 N–H and O–H groups in total. The number of esters is 1. The Hall–Kier alpha value is -3.53. The molecule has 0 aliphatic rings. The van der Waals surface area contributed by atoms with Gasteiger partial charge in [-0.2, -0.15) is 5.26 Å². The second-order valence-electron chi connectivity index (χ2n) is 6.68. The number of nitrogens with zero attached hydrogens (tertiary/aromatic N) is 2. The van der Waals surface area contributed by atoms with E-state index in [4.69, 9.17) is 4.74 Å². The molecule has 2 aromatic rings. The molecule has 2 rings (SSSR count). The van der Waals surface area contributed by atoms with Gasteiger partial charge in [-0.05, 0) is 62.7 Å². The molecule has 0 fully saturated rings. The first kappa shape index (κ1) is 21.8. The average Bonchev–Trinajstić information content (AvgIpc) is 2.98. The zero-order valence-corrected chi connectivity index (χ0v) is 17.3. The van der Waals surface area contributed by atoms with Gasteiger partial charge in [-0.15, -0.1) is 0 Å². The topological polar surface area (TPSA) is 93.4 Å². The zero-order valence-electron chi connectivity index (χ0n) is 17.3. The summed E-state index contributed by atoms with van der Waals surface area (Å²) in [5, 5.41) is 12.1. The van der Waals surface area contributed by atoms with E-state index in [0.717, 1.165) is 28.4 Å². The van der Waals surface area contributed by atoms with E-state index >= 15 is 0 Å². The molecule has 1 unspecified atom stereocenters. The van der Waals surface area contributed by atoms with Crippen molar-refractivity contribution in [2.24, 2.45) is 0 Å². The third kappa shape index (κ3) is 5.26.